The lowest BCUT2D eigenvalue weighted by molar-refractivity contribution is 0.0262. The molecule has 0 heterocycles. The van der Waals surface area contributed by atoms with Crippen LogP contribution in [-0.4, -0.2) is 44.0 Å². The van der Waals surface area contributed by atoms with Crippen molar-refractivity contribution in [2.45, 2.75) is 51.6 Å². The molecule has 0 amide bonds. The Bertz CT molecular complexity index is 219. The Kier molecular flexibility index (Phi) is 4.68. The van der Waals surface area contributed by atoms with Gasteiger partial charge >= 0.3 is 0 Å². The SMILES string of the molecule is CNC1C(N(C)CC(F)F)CCCC1(C)C. The Morgan fingerprint density at radius 2 is 2.06 bits per heavy atom. The normalized spacial score (nSPS) is 30.0. The summed E-state index contributed by atoms with van der Waals surface area (Å²) in [5.74, 6) is 0. The van der Waals surface area contributed by atoms with Crippen molar-refractivity contribution in [3.63, 3.8) is 0 Å². The van der Waals surface area contributed by atoms with E-state index in [0.29, 0.717) is 6.04 Å². The van der Waals surface area contributed by atoms with Crippen molar-refractivity contribution in [2.75, 3.05) is 20.6 Å². The third-order valence-electron chi connectivity index (χ3n) is 3.85. The van der Waals surface area contributed by atoms with E-state index in [2.05, 4.69) is 19.2 Å². The lowest BCUT2D eigenvalue weighted by Gasteiger charge is -2.47. The van der Waals surface area contributed by atoms with Crippen LogP contribution in [0.5, 0.6) is 0 Å². The second-order valence-electron chi connectivity index (χ2n) is 5.55. The van der Waals surface area contributed by atoms with Crippen molar-refractivity contribution >= 4 is 0 Å². The Labute approximate surface area is 97.4 Å². The summed E-state index contributed by atoms with van der Waals surface area (Å²) >= 11 is 0. The summed E-state index contributed by atoms with van der Waals surface area (Å²) < 4.78 is 24.8. The molecule has 1 N–H and O–H groups in total. The van der Waals surface area contributed by atoms with E-state index in [1.807, 2.05) is 19.0 Å². The molecule has 1 saturated carbocycles. The van der Waals surface area contributed by atoms with Gasteiger partial charge in [-0.2, -0.15) is 0 Å². The second-order valence-corrected chi connectivity index (χ2v) is 5.55. The van der Waals surface area contributed by atoms with Gasteiger partial charge in [-0.25, -0.2) is 8.78 Å². The molecule has 1 rings (SSSR count). The Hall–Kier alpha value is -0.220. The predicted octanol–water partition coefficient (Wildman–Crippen LogP) is 2.35. The fourth-order valence-electron chi connectivity index (χ4n) is 3.02. The van der Waals surface area contributed by atoms with Gasteiger partial charge in [0.25, 0.3) is 6.43 Å². The molecule has 1 fully saturated rings. The monoisotopic (exact) mass is 234 g/mol. The summed E-state index contributed by atoms with van der Waals surface area (Å²) in [6.45, 7) is 4.31. The molecule has 1 aliphatic rings. The zero-order chi connectivity index (χ0) is 12.3. The molecule has 0 spiro atoms. The minimum absolute atomic E-state index is 0.126. The van der Waals surface area contributed by atoms with Crippen molar-refractivity contribution < 1.29 is 8.78 Å². The number of likely N-dealkylation sites (N-methyl/N-ethyl adjacent to an activating group) is 2. The maximum atomic E-state index is 12.4. The molecule has 2 nitrogen and oxygen atoms in total. The molecule has 0 aromatic heterocycles. The fraction of sp³-hybridized carbons (Fsp3) is 1.00. The van der Waals surface area contributed by atoms with Gasteiger partial charge in [-0.3, -0.25) is 4.90 Å². The van der Waals surface area contributed by atoms with Crippen molar-refractivity contribution in [2.24, 2.45) is 5.41 Å². The molecule has 2 atom stereocenters. The van der Waals surface area contributed by atoms with Crippen molar-refractivity contribution in [1.82, 2.24) is 10.2 Å². The summed E-state index contributed by atoms with van der Waals surface area (Å²) in [5.41, 5.74) is 0.189. The molecule has 4 heteroatoms. The number of alkyl halides is 2. The quantitative estimate of drug-likeness (QED) is 0.803. The summed E-state index contributed by atoms with van der Waals surface area (Å²) in [5, 5.41) is 3.31. The first-order chi connectivity index (χ1) is 7.38. The third kappa shape index (κ3) is 3.14. The summed E-state index contributed by atoms with van der Waals surface area (Å²) in [6, 6.07) is 0.521. The molecule has 0 saturated heterocycles. The highest BCUT2D eigenvalue weighted by Crippen LogP contribution is 2.37. The highest BCUT2D eigenvalue weighted by Gasteiger charge is 2.39. The Morgan fingerprint density at radius 1 is 1.44 bits per heavy atom. The molecule has 16 heavy (non-hydrogen) atoms. The number of nitrogens with zero attached hydrogens (tertiary/aromatic N) is 1. The van der Waals surface area contributed by atoms with E-state index in [4.69, 9.17) is 0 Å². The van der Waals surface area contributed by atoms with E-state index in [9.17, 15) is 8.78 Å². The van der Waals surface area contributed by atoms with Crippen LogP contribution in [0.2, 0.25) is 0 Å². The third-order valence-corrected chi connectivity index (χ3v) is 3.85. The number of rotatable bonds is 4. The Morgan fingerprint density at radius 3 is 2.56 bits per heavy atom. The van der Waals surface area contributed by atoms with Crippen LogP contribution >= 0.6 is 0 Å². The first-order valence-electron chi connectivity index (χ1n) is 6.04. The average molecular weight is 234 g/mol. The van der Waals surface area contributed by atoms with Gasteiger partial charge in [0.1, 0.15) is 0 Å². The smallest absolute Gasteiger partial charge is 0.251 e. The number of hydrogen-bond acceptors (Lipinski definition) is 2. The second kappa shape index (κ2) is 5.41. The van der Waals surface area contributed by atoms with Crippen molar-refractivity contribution in [1.29, 1.82) is 0 Å². The van der Waals surface area contributed by atoms with Gasteiger partial charge in [0, 0.05) is 12.1 Å². The highest BCUT2D eigenvalue weighted by molar-refractivity contribution is 4.96. The van der Waals surface area contributed by atoms with E-state index in [1.165, 1.54) is 0 Å². The van der Waals surface area contributed by atoms with E-state index >= 15 is 0 Å². The van der Waals surface area contributed by atoms with Gasteiger partial charge in [-0.15, -0.1) is 0 Å². The maximum absolute atomic E-state index is 12.4. The van der Waals surface area contributed by atoms with Crippen LogP contribution in [0.3, 0.4) is 0 Å². The topological polar surface area (TPSA) is 15.3 Å². The first-order valence-corrected chi connectivity index (χ1v) is 6.04. The zero-order valence-corrected chi connectivity index (χ0v) is 10.8. The molecule has 0 aromatic carbocycles. The van der Waals surface area contributed by atoms with E-state index < -0.39 is 6.43 Å². The fourth-order valence-corrected chi connectivity index (χ4v) is 3.02. The minimum atomic E-state index is -2.24. The maximum Gasteiger partial charge on any atom is 0.251 e. The van der Waals surface area contributed by atoms with E-state index in [0.717, 1.165) is 19.3 Å². The van der Waals surface area contributed by atoms with Crippen LogP contribution in [-0.2, 0) is 0 Å². The number of nitrogens with one attached hydrogen (secondary N) is 1. The van der Waals surface area contributed by atoms with Gasteiger partial charge in [0.05, 0.1) is 6.54 Å². The molecule has 0 aliphatic heterocycles. The van der Waals surface area contributed by atoms with Crippen LogP contribution < -0.4 is 5.32 Å². The standard InChI is InChI=1S/C12H24F2N2/c1-12(2)7-5-6-9(11(12)15-3)16(4)8-10(13)14/h9-11,15H,5-8H2,1-4H3. The molecule has 0 radical (unpaired) electrons. The van der Waals surface area contributed by atoms with Gasteiger partial charge < -0.3 is 5.32 Å². The summed E-state index contributed by atoms with van der Waals surface area (Å²) in [7, 11) is 3.74. The van der Waals surface area contributed by atoms with E-state index in [-0.39, 0.29) is 18.0 Å². The number of halogens is 2. The van der Waals surface area contributed by atoms with Gasteiger partial charge in [0.15, 0.2) is 0 Å². The van der Waals surface area contributed by atoms with E-state index in [1.54, 1.807) is 0 Å². The highest BCUT2D eigenvalue weighted by atomic mass is 19.3. The molecule has 96 valence electrons. The molecule has 2 unspecified atom stereocenters. The lowest BCUT2D eigenvalue weighted by Crippen LogP contribution is -2.57. The lowest BCUT2D eigenvalue weighted by atomic mass is 9.70. The van der Waals surface area contributed by atoms with Crippen molar-refractivity contribution in [3.05, 3.63) is 0 Å². The van der Waals surface area contributed by atoms with Crippen LogP contribution in [0, 0.1) is 5.41 Å². The van der Waals surface area contributed by atoms with Crippen LogP contribution in [0.25, 0.3) is 0 Å². The zero-order valence-electron chi connectivity index (χ0n) is 10.8. The summed E-state index contributed by atoms with van der Waals surface area (Å²) in [4.78, 5) is 1.81. The largest absolute Gasteiger partial charge is 0.315 e. The van der Waals surface area contributed by atoms with Crippen LogP contribution in [0.1, 0.15) is 33.1 Å². The molecule has 0 bridgehead atoms. The predicted molar refractivity (Wildman–Crippen MR) is 62.9 cm³/mol. The molecular formula is C12H24F2N2. The van der Waals surface area contributed by atoms with Crippen molar-refractivity contribution in [3.8, 4) is 0 Å². The first kappa shape index (κ1) is 13.8. The molecule has 1 aliphatic carbocycles. The van der Waals surface area contributed by atoms with Crippen LogP contribution in [0.15, 0.2) is 0 Å². The molecular weight excluding hydrogens is 210 g/mol. The van der Waals surface area contributed by atoms with Gasteiger partial charge in [0.2, 0.25) is 0 Å². The average Bonchev–Trinajstić information content (AvgIpc) is 2.14. The van der Waals surface area contributed by atoms with Gasteiger partial charge in [-0.1, -0.05) is 20.3 Å². The number of hydrogen-bond donors (Lipinski definition) is 1. The van der Waals surface area contributed by atoms with Crippen LogP contribution in [0.4, 0.5) is 8.78 Å². The Balaban J connectivity index is 2.69. The van der Waals surface area contributed by atoms with Gasteiger partial charge in [-0.05, 0) is 32.4 Å². The molecule has 0 aromatic rings. The summed E-state index contributed by atoms with van der Waals surface area (Å²) in [6.07, 6.45) is 1.06. The minimum Gasteiger partial charge on any atom is -0.315 e.